The zero-order chi connectivity index (χ0) is 11.1. The van der Waals surface area contributed by atoms with E-state index in [2.05, 4.69) is 6.07 Å². The Morgan fingerprint density at radius 3 is 2.87 bits per heavy atom. The van der Waals surface area contributed by atoms with Crippen LogP contribution >= 0.6 is 0 Å². The number of benzene rings is 1. The average Bonchev–Trinajstić information content (AvgIpc) is 2.24. The number of aryl methyl sites for hydroxylation is 1. The topological polar surface area (TPSA) is 36.3 Å². The second-order valence-corrected chi connectivity index (χ2v) is 3.27. The van der Waals surface area contributed by atoms with Gasteiger partial charge in [-0.3, -0.25) is 9.90 Å². The maximum Gasteiger partial charge on any atom is 0.0720 e. The van der Waals surface area contributed by atoms with Crippen molar-refractivity contribution >= 4 is 5.69 Å². The van der Waals surface area contributed by atoms with Crippen LogP contribution in [-0.2, 0) is 4.84 Å². The van der Waals surface area contributed by atoms with Crippen molar-refractivity contribution in [1.82, 2.24) is 0 Å². The zero-order valence-electron chi connectivity index (χ0n) is 9.23. The molecule has 0 aromatic heterocycles. The molecule has 0 radical (unpaired) electrons. The highest BCUT2D eigenvalue weighted by Crippen LogP contribution is 2.16. The van der Waals surface area contributed by atoms with Gasteiger partial charge in [0.15, 0.2) is 0 Å². The average molecular weight is 204 g/mol. The maximum atomic E-state index is 8.55. The minimum absolute atomic E-state index is 0.466. The summed E-state index contributed by atoms with van der Waals surface area (Å²) in [5.41, 5.74) is 2.20. The molecule has 0 aliphatic heterocycles. The van der Waals surface area contributed by atoms with Gasteiger partial charge in [0.1, 0.15) is 0 Å². The number of hydrogen-bond acceptors (Lipinski definition) is 3. The molecule has 0 unspecified atom stereocenters. The third-order valence-corrected chi connectivity index (χ3v) is 2.00. The molecule has 3 heteroatoms. The van der Waals surface area contributed by atoms with E-state index in [9.17, 15) is 0 Å². The van der Waals surface area contributed by atoms with Crippen molar-refractivity contribution in [2.45, 2.75) is 20.3 Å². The predicted molar refractivity (Wildman–Crippen MR) is 60.4 cm³/mol. The van der Waals surface area contributed by atoms with Gasteiger partial charge >= 0.3 is 0 Å². The highest BCUT2D eigenvalue weighted by atomic mass is 16.7. The molecule has 0 fully saturated rings. The van der Waals surface area contributed by atoms with Crippen LogP contribution in [0, 0.1) is 18.3 Å². The quantitative estimate of drug-likeness (QED) is 0.692. The van der Waals surface area contributed by atoms with Crippen LogP contribution < -0.4 is 5.06 Å². The van der Waals surface area contributed by atoms with Gasteiger partial charge in [-0.05, 0) is 31.5 Å². The summed E-state index contributed by atoms with van der Waals surface area (Å²) in [6, 6.07) is 10.2. The van der Waals surface area contributed by atoms with Gasteiger partial charge in [-0.1, -0.05) is 12.1 Å². The molecule has 0 aliphatic rings. The molecule has 0 saturated heterocycles. The maximum absolute atomic E-state index is 8.55. The first-order chi connectivity index (χ1) is 7.27. The highest BCUT2D eigenvalue weighted by Gasteiger charge is 2.05. The fraction of sp³-hybridized carbons (Fsp3) is 0.417. The second-order valence-electron chi connectivity index (χ2n) is 3.27. The van der Waals surface area contributed by atoms with Crippen molar-refractivity contribution in [2.75, 3.05) is 18.2 Å². The van der Waals surface area contributed by atoms with Gasteiger partial charge in [-0.25, -0.2) is 0 Å². The number of hydrogen-bond donors (Lipinski definition) is 0. The van der Waals surface area contributed by atoms with E-state index in [1.165, 1.54) is 5.56 Å². The Morgan fingerprint density at radius 2 is 2.27 bits per heavy atom. The van der Waals surface area contributed by atoms with Crippen LogP contribution in [0.2, 0.25) is 0 Å². The third kappa shape index (κ3) is 3.61. The summed E-state index contributed by atoms with van der Waals surface area (Å²) in [6.45, 7) is 5.19. The first-order valence-corrected chi connectivity index (χ1v) is 5.12. The Bertz CT molecular complexity index is 344. The lowest BCUT2D eigenvalue weighted by Crippen LogP contribution is -2.24. The summed E-state index contributed by atoms with van der Waals surface area (Å²) in [5, 5.41) is 10.3. The molecule has 1 aromatic rings. The number of hydroxylamine groups is 1. The third-order valence-electron chi connectivity index (χ3n) is 2.00. The van der Waals surface area contributed by atoms with E-state index in [1.807, 2.05) is 38.1 Å². The van der Waals surface area contributed by atoms with E-state index in [0.717, 1.165) is 5.69 Å². The molecule has 1 rings (SSSR count). The molecule has 0 atom stereocenters. The van der Waals surface area contributed by atoms with Crippen LogP contribution in [0.5, 0.6) is 0 Å². The summed E-state index contributed by atoms with van der Waals surface area (Å²) in [7, 11) is 0. The summed E-state index contributed by atoms with van der Waals surface area (Å²) in [5.74, 6) is 0. The molecular weight excluding hydrogens is 188 g/mol. The molecule has 0 amide bonds. The molecule has 0 N–H and O–H groups in total. The van der Waals surface area contributed by atoms with Crippen LogP contribution in [0.3, 0.4) is 0 Å². The Balaban J connectivity index is 2.74. The summed E-state index contributed by atoms with van der Waals surface area (Å²) in [6.07, 6.45) is 0.466. The smallest absolute Gasteiger partial charge is 0.0720 e. The SMILES string of the molecule is CCON(CCC#N)c1cccc(C)c1. The number of rotatable bonds is 5. The van der Waals surface area contributed by atoms with E-state index in [4.69, 9.17) is 10.1 Å². The number of anilines is 1. The molecular formula is C12H16N2O. The van der Waals surface area contributed by atoms with E-state index in [0.29, 0.717) is 19.6 Å². The van der Waals surface area contributed by atoms with Crippen LogP contribution in [0.4, 0.5) is 5.69 Å². The molecule has 15 heavy (non-hydrogen) atoms. The number of nitrogens with zero attached hydrogens (tertiary/aromatic N) is 2. The molecule has 0 bridgehead atoms. The minimum atomic E-state index is 0.466. The van der Waals surface area contributed by atoms with Crippen LogP contribution in [-0.4, -0.2) is 13.2 Å². The van der Waals surface area contributed by atoms with Gasteiger partial charge in [0, 0.05) is 0 Å². The second kappa shape index (κ2) is 6.05. The Hall–Kier alpha value is -1.53. The normalized spacial score (nSPS) is 9.67. The van der Waals surface area contributed by atoms with Crippen molar-refractivity contribution in [3.8, 4) is 6.07 Å². The minimum Gasteiger partial charge on any atom is -0.274 e. The van der Waals surface area contributed by atoms with E-state index in [-0.39, 0.29) is 0 Å². The molecule has 0 saturated carbocycles. The first-order valence-electron chi connectivity index (χ1n) is 5.12. The molecule has 0 heterocycles. The summed E-state index contributed by atoms with van der Waals surface area (Å²) in [4.78, 5) is 5.47. The lowest BCUT2D eigenvalue weighted by atomic mass is 10.2. The van der Waals surface area contributed by atoms with Gasteiger partial charge in [-0.2, -0.15) is 5.26 Å². The Morgan fingerprint density at radius 1 is 1.47 bits per heavy atom. The summed E-state index contributed by atoms with van der Waals surface area (Å²) < 4.78 is 0. The van der Waals surface area contributed by atoms with Crippen LogP contribution in [0.1, 0.15) is 18.9 Å². The van der Waals surface area contributed by atoms with Crippen LogP contribution in [0.15, 0.2) is 24.3 Å². The first kappa shape index (κ1) is 11.5. The largest absolute Gasteiger partial charge is 0.274 e. The van der Waals surface area contributed by atoms with Gasteiger partial charge in [0.2, 0.25) is 0 Å². The predicted octanol–water partition coefficient (Wildman–Crippen LogP) is 2.67. The molecule has 0 aliphatic carbocycles. The fourth-order valence-corrected chi connectivity index (χ4v) is 1.36. The zero-order valence-corrected chi connectivity index (χ0v) is 9.23. The monoisotopic (exact) mass is 204 g/mol. The van der Waals surface area contributed by atoms with E-state index in [1.54, 1.807) is 5.06 Å². The van der Waals surface area contributed by atoms with Crippen molar-refractivity contribution < 1.29 is 4.84 Å². The molecule has 80 valence electrons. The van der Waals surface area contributed by atoms with Crippen molar-refractivity contribution in [3.05, 3.63) is 29.8 Å². The standard InChI is InChI=1S/C12H16N2O/c1-3-15-14(9-5-8-13)12-7-4-6-11(2)10-12/h4,6-7,10H,3,5,9H2,1-2H3. The van der Waals surface area contributed by atoms with Crippen molar-refractivity contribution in [2.24, 2.45) is 0 Å². The number of nitriles is 1. The molecule has 1 aromatic carbocycles. The van der Waals surface area contributed by atoms with E-state index < -0.39 is 0 Å². The molecule has 3 nitrogen and oxygen atoms in total. The fourth-order valence-electron chi connectivity index (χ4n) is 1.36. The van der Waals surface area contributed by atoms with Crippen molar-refractivity contribution in [3.63, 3.8) is 0 Å². The molecule has 0 spiro atoms. The van der Waals surface area contributed by atoms with Gasteiger partial charge in [0.05, 0.1) is 31.3 Å². The van der Waals surface area contributed by atoms with Gasteiger partial charge in [0.25, 0.3) is 0 Å². The van der Waals surface area contributed by atoms with Gasteiger partial charge < -0.3 is 0 Å². The lowest BCUT2D eigenvalue weighted by molar-refractivity contribution is 0.121. The van der Waals surface area contributed by atoms with E-state index >= 15 is 0 Å². The van der Waals surface area contributed by atoms with Gasteiger partial charge in [-0.15, -0.1) is 0 Å². The Labute approximate surface area is 90.8 Å². The van der Waals surface area contributed by atoms with Crippen LogP contribution in [0.25, 0.3) is 0 Å². The highest BCUT2D eigenvalue weighted by molar-refractivity contribution is 5.46. The van der Waals surface area contributed by atoms with Crippen molar-refractivity contribution in [1.29, 1.82) is 5.26 Å². The lowest BCUT2D eigenvalue weighted by Gasteiger charge is -2.22. The summed E-state index contributed by atoms with van der Waals surface area (Å²) >= 11 is 0. The Kier molecular flexibility index (Phi) is 4.65.